The Balaban J connectivity index is 1.60. The zero-order valence-corrected chi connectivity index (χ0v) is 18.0. The Hall–Kier alpha value is -1.87. The maximum absolute atomic E-state index is 10.2. The molecule has 0 radical (unpaired) electrons. The minimum atomic E-state index is -0.369. The third-order valence-electron chi connectivity index (χ3n) is 4.86. The van der Waals surface area contributed by atoms with Gasteiger partial charge in [0.1, 0.15) is 28.6 Å². The van der Waals surface area contributed by atoms with Crippen LogP contribution in [0.2, 0.25) is 10.3 Å². The molecule has 0 amide bonds. The zero-order chi connectivity index (χ0) is 20.4. The molecule has 1 aliphatic rings. The van der Waals surface area contributed by atoms with Crippen LogP contribution >= 0.6 is 34.5 Å². The number of hydrogen-bond acceptors (Lipinski definition) is 8. The minimum Gasteiger partial charge on any atom is -0.494 e. The summed E-state index contributed by atoms with van der Waals surface area (Å²) in [5.74, 6) is 1.03. The minimum absolute atomic E-state index is 0.00711. The van der Waals surface area contributed by atoms with Crippen LogP contribution in [0.4, 0.5) is 5.13 Å². The van der Waals surface area contributed by atoms with Crippen molar-refractivity contribution in [2.45, 2.75) is 44.4 Å². The third-order valence-corrected chi connectivity index (χ3v) is 6.53. The second kappa shape index (κ2) is 8.87. The molecule has 1 saturated carbocycles. The predicted octanol–water partition coefficient (Wildman–Crippen LogP) is 4.70. The highest BCUT2D eigenvalue weighted by molar-refractivity contribution is 7.22. The standard InChI is InChI=1S/C19H20Cl2N4O3S/c1-27-14-8-13(28-9-10-6-7-22-18(21)23-10)15(20)17-16(14)25-19(29-17)24-11-4-2-3-5-12(11)26/h6-8,11-12,26H,2-5,9H2,1H3,(H,24,25)/t11?,12-/m0/s1. The van der Waals surface area contributed by atoms with Crippen molar-refractivity contribution in [3.8, 4) is 11.5 Å². The average molecular weight is 455 g/mol. The largest absolute Gasteiger partial charge is 0.494 e. The fraction of sp³-hybridized carbons (Fsp3) is 0.421. The van der Waals surface area contributed by atoms with Gasteiger partial charge in [-0.05, 0) is 30.5 Å². The molecular weight excluding hydrogens is 435 g/mol. The lowest BCUT2D eigenvalue weighted by molar-refractivity contribution is 0.116. The summed E-state index contributed by atoms with van der Waals surface area (Å²) in [6, 6.07) is 3.43. The molecule has 0 aliphatic heterocycles. The Labute approximate surface area is 182 Å². The molecule has 3 aromatic rings. The highest BCUT2D eigenvalue weighted by Gasteiger charge is 2.25. The van der Waals surface area contributed by atoms with Crippen LogP contribution in [0, 0.1) is 0 Å². The van der Waals surface area contributed by atoms with Gasteiger partial charge < -0.3 is 19.9 Å². The van der Waals surface area contributed by atoms with Crippen molar-refractivity contribution >= 4 is 49.9 Å². The predicted molar refractivity (Wildman–Crippen MR) is 114 cm³/mol. The first-order chi connectivity index (χ1) is 14.0. The smallest absolute Gasteiger partial charge is 0.222 e. The molecule has 1 fully saturated rings. The van der Waals surface area contributed by atoms with E-state index in [0.29, 0.717) is 32.9 Å². The lowest BCUT2D eigenvalue weighted by Gasteiger charge is -2.27. The fourth-order valence-electron chi connectivity index (χ4n) is 3.36. The van der Waals surface area contributed by atoms with Gasteiger partial charge in [-0.2, -0.15) is 0 Å². The summed E-state index contributed by atoms with van der Waals surface area (Å²) in [6.45, 7) is 0.189. The summed E-state index contributed by atoms with van der Waals surface area (Å²) in [5.41, 5.74) is 1.30. The Morgan fingerprint density at radius 1 is 1.24 bits per heavy atom. The molecule has 2 atom stereocenters. The van der Waals surface area contributed by atoms with Crippen molar-refractivity contribution in [1.29, 1.82) is 0 Å². The van der Waals surface area contributed by atoms with Gasteiger partial charge in [0.15, 0.2) is 5.13 Å². The molecule has 1 aliphatic carbocycles. The number of aliphatic hydroxyl groups excluding tert-OH is 1. The maximum atomic E-state index is 10.2. The summed E-state index contributed by atoms with van der Waals surface area (Å²) in [5, 5.41) is 14.9. The number of ether oxygens (including phenoxy) is 2. The quantitative estimate of drug-likeness (QED) is 0.521. The third kappa shape index (κ3) is 4.50. The van der Waals surface area contributed by atoms with E-state index in [1.165, 1.54) is 11.3 Å². The molecule has 2 N–H and O–H groups in total. The van der Waals surface area contributed by atoms with Crippen LogP contribution in [0.5, 0.6) is 11.5 Å². The summed E-state index contributed by atoms with van der Waals surface area (Å²) >= 11 is 13.8. The summed E-state index contributed by atoms with van der Waals surface area (Å²) < 4.78 is 12.1. The highest BCUT2D eigenvalue weighted by Crippen LogP contribution is 2.43. The molecule has 7 nitrogen and oxygen atoms in total. The number of benzene rings is 1. The van der Waals surface area contributed by atoms with Gasteiger partial charge in [-0.25, -0.2) is 15.0 Å². The van der Waals surface area contributed by atoms with Crippen LogP contribution in [0.3, 0.4) is 0 Å². The van der Waals surface area contributed by atoms with E-state index in [1.54, 1.807) is 25.4 Å². The number of anilines is 1. The van der Waals surface area contributed by atoms with E-state index >= 15 is 0 Å². The number of halogens is 2. The van der Waals surface area contributed by atoms with Crippen molar-refractivity contribution in [3.05, 3.63) is 34.3 Å². The molecule has 0 saturated heterocycles. The van der Waals surface area contributed by atoms with Gasteiger partial charge >= 0.3 is 0 Å². The van der Waals surface area contributed by atoms with Gasteiger partial charge in [0.25, 0.3) is 0 Å². The van der Waals surface area contributed by atoms with Gasteiger partial charge in [-0.1, -0.05) is 35.8 Å². The number of nitrogens with zero attached hydrogens (tertiary/aromatic N) is 3. The van der Waals surface area contributed by atoms with Crippen LogP contribution in [-0.2, 0) is 6.61 Å². The molecule has 0 bridgehead atoms. The van der Waals surface area contributed by atoms with E-state index in [4.69, 9.17) is 32.7 Å². The number of aliphatic hydroxyl groups is 1. The summed E-state index contributed by atoms with van der Waals surface area (Å²) in [7, 11) is 1.58. The number of nitrogens with one attached hydrogen (secondary N) is 1. The number of hydrogen-bond donors (Lipinski definition) is 2. The van der Waals surface area contributed by atoms with E-state index in [2.05, 4.69) is 20.3 Å². The van der Waals surface area contributed by atoms with Gasteiger partial charge in [0.05, 0.1) is 29.6 Å². The van der Waals surface area contributed by atoms with Gasteiger partial charge in [-0.3, -0.25) is 0 Å². The molecule has 154 valence electrons. The average Bonchev–Trinajstić information content (AvgIpc) is 3.14. The molecule has 1 aromatic carbocycles. The summed E-state index contributed by atoms with van der Waals surface area (Å²) in [4.78, 5) is 12.6. The molecule has 29 heavy (non-hydrogen) atoms. The maximum Gasteiger partial charge on any atom is 0.222 e. The van der Waals surface area contributed by atoms with Gasteiger partial charge in [-0.15, -0.1) is 0 Å². The monoisotopic (exact) mass is 454 g/mol. The van der Waals surface area contributed by atoms with Crippen LogP contribution < -0.4 is 14.8 Å². The molecule has 2 aromatic heterocycles. The molecule has 10 heteroatoms. The summed E-state index contributed by atoms with van der Waals surface area (Å²) in [6.07, 6.45) is 5.06. The molecule has 1 unspecified atom stereocenters. The van der Waals surface area contributed by atoms with Crippen molar-refractivity contribution in [1.82, 2.24) is 15.0 Å². The van der Waals surface area contributed by atoms with Crippen molar-refractivity contribution < 1.29 is 14.6 Å². The number of aromatic nitrogens is 3. The van der Waals surface area contributed by atoms with Gasteiger partial charge in [0.2, 0.25) is 5.28 Å². The van der Waals surface area contributed by atoms with Gasteiger partial charge in [0, 0.05) is 12.3 Å². The first-order valence-electron chi connectivity index (χ1n) is 9.27. The Morgan fingerprint density at radius 3 is 2.83 bits per heavy atom. The first kappa shape index (κ1) is 20.4. The van der Waals surface area contributed by atoms with Crippen LogP contribution in [0.25, 0.3) is 10.2 Å². The lowest BCUT2D eigenvalue weighted by Crippen LogP contribution is -2.36. The molecule has 4 rings (SSSR count). The zero-order valence-electron chi connectivity index (χ0n) is 15.7. The lowest BCUT2D eigenvalue weighted by atomic mass is 9.93. The normalized spacial score (nSPS) is 19.3. The fourth-order valence-corrected chi connectivity index (χ4v) is 4.81. The number of thiazole rings is 1. The number of rotatable bonds is 6. The molecule has 0 spiro atoms. The van der Waals surface area contributed by atoms with E-state index in [1.807, 2.05) is 0 Å². The SMILES string of the molecule is COc1cc(OCc2ccnc(Cl)n2)c(Cl)c2sc(NC3CCCC[C@@H]3O)nc12. The van der Waals surface area contributed by atoms with Crippen molar-refractivity contribution in [3.63, 3.8) is 0 Å². The molecular formula is C19H20Cl2N4O3S. The Morgan fingerprint density at radius 2 is 2.07 bits per heavy atom. The van der Waals surface area contributed by atoms with Crippen LogP contribution in [-0.4, -0.2) is 39.3 Å². The number of methoxy groups -OCH3 is 1. The topological polar surface area (TPSA) is 89.4 Å². The van der Waals surface area contributed by atoms with E-state index < -0.39 is 0 Å². The Bertz CT molecular complexity index is 1020. The van der Waals surface area contributed by atoms with E-state index in [9.17, 15) is 5.11 Å². The van der Waals surface area contributed by atoms with Crippen LogP contribution in [0.15, 0.2) is 18.3 Å². The number of fused-ring (bicyclic) bond motifs is 1. The highest BCUT2D eigenvalue weighted by atomic mass is 35.5. The van der Waals surface area contributed by atoms with E-state index in [-0.39, 0.29) is 24.0 Å². The van der Waals surface area contributed by atoms with Crippen LogP contribution in [0.1, 0.15) is 31.4 Å². The van der Waals surface area contributed by atoms with E-state index in [0.717, 1.165) is 30.4 Å². The Kier molecular flexibility index (Phi) is 6.24. The second-order valence-electron chi connectivity index (χ2n) is 6.80. The van der Waals surface area contributed by atoms with Crippen molar-refractivity contribution in [2.75, 3.05) is 12.4 Å². The first-order valence-corrected chi connectivity index (χ1v) is 10.8. The second-order valence-corrected chi connectivity index (χ2v) is 8.51. The van der Waals surface area contributed by atoms with Crippen molar-refractivity contribution in [2.24, 2.45) is 0 Å². The molecule has 2 heterocycles.